The minimum absolute atomic E-state index is 0.0326. The third-order valence-electron chi connectivity index (χ3n) is 5.53. The van der Waals surface area contributed by atoms with Crippen molar-refractivity contribution < 1.29 is 14.3 Å². The first kappa shape index (κ1) is 21.2. The van der Waals surface area contributed by atoms with Crippen LogP contribution in [0.2, 0.25) is 0 Å². The average Bonchev–Trinajstić information content (AvgIpc) is 3.32. The molecule has 34 heavy (non-hydrogen) atoms. The van der Waals surface area contributed by atoms with Crippen molar-refractivity contribution in [2.75, 3.05) is 12.4 Å². The van der Waals surface area contributed by atoms with Crippen LogP contribution < -0.4 is 10.1 Å². The van der Waals surface area contributed by atoms with Crippen LogP contribution in [0.25, 0.3) is 22.4 Å². The number of anilines is 1. The number of nitrogens with zero attached hydrogens (tertiary/aromatic N) is 1. The third kappa shape index (κ3) is 4.29. The molecule has 0 bridgehead atoms. The number of hydrogen-bond donors (Lipinski definition) is 2. The fourth-order valence-corrected chi connectivity index (χ4v) is 3.72. The molecule has 4 aromatic carbocycles. The Kier molecular flexibility index (Phi) is 5.62. The van der Waals surface area contributed by atoms with Crippen molar-refractivity contribution in [1.82, 2.24) is 9.97 Å². The van der Waals surface area contributed by atoms with Crippen molar-refractivity contribution in [3.8, 4) is 17.1 Å². The van der Waals surface area contributed by atoms with Gasteiger partial charge in [-0.25, -0.2) is 4.98 Å². The summed E-state index contributed by atoms with van der Waals surface area (Å²) < 4.78 is 5.18. The molecule has 5 aromatic rings. The lowest BCUT2D eigenvalue weighted by Crippen LogP contribution is -2.11. The maximum atomic E-state index is 12.8. The molecule has 1 aromatic heterocycles. The summed E-state index contributed by atoms with van der Waals surface area (Å²) in [4.78, 5) is 33.2. The Morgan fingerprint density at radius 1 is 0.794 bits per heavy atom. The normalized spacial score (nSPS) is 10.7. The molecule has 0 aliphatic rings. The van der Waals surface area contributed by atoms with E-state index in [1.165, 1.54) is 0 Å². The number of ether oxygens (including phenoxy) is 1. The SMILES string of the molecule is COc1cccc(C(=O)Nc2ccc(-c3nc4ccc(C(=O)c5ccccc5)cc4[nH]3)cc2)c1. The van der Waals surface area contributed by atoms with E-state index in [0.29, 0.717) is 34.0 Å². The van der Waals surface area contributed by atoms with Gasteiger partial charge in [0.2, 0.25) is 0 Å². The second-order valence-corrected chi connectivity index (χ2v) is 7.78. The predicted octanol–water partition coefficient (Wildman–Crippen LogP) is 5.72. The molecule has 2 N–H and O–H groups in total. The number of fused-ring (bicyclic) bond motifs is 1. The van der Waals surface area contributed by atoms with Crippen LogP contribution in [0.15, 0.2) is 97.1 Å². The number of methoxy groups -OCH3 is 1. The van der Waals surface area contributed by atoms with Crippen LogP contribution >= 0.6 is 0 Å². The highest BCUT2D eigenvalue weighted by molar-refractivity contribution is 6.10. The molecule has 1 amide bonds. The van der Waals surface area contributed by atoms with Crippen molar-refractivity contribution in [3.63, 3.8) is 0 Å². The summed E-state index contributed by atoms with van der Waals surface area (Å²) in [5, 5.41) is 2.89. The van der Waals surface area contributed by atoms with Crippen LogP contribution in [0, 0.1) is 0 Å². The molecule has 0 atom stereocenters. The number of ketones is 1. The number of imidazole rings is 1. The number of rotatable bonds is 6. The van der Waals surface area contributed by atoms with Crippen LogP contribution in [-0.4, -0.2) is 28.8 Å². The van der Waals surface area contributed by atoms with Crippen molar-refractivity contribution >= 4 is 28.4 Å². The van der Waals surface area contributed by atoms with Gasteiger partial charge in [-0.1, -0.05) is 36.4 Å². The van der Waals surface area contributed by atoms with Crippen molar-refractivity contribution in [1.29, 1.82) is 0 Å². The Balaban J connectivity index is 1.34. The summed E-state index contributed by atoms with van der Waals surface area (Å²) in [6, 6.07) is 29.1. The highest BCUT2D eigenvalue weighted by atomic mass is 16.5. The lowest BCUT2D eigenvalue weighted by Gasteiger charge is -2.07. The van der Waals surface area contributed by atoms with E-state index in [0.717, 1.165) is 16.6 Å². The van der Waals surface area contributed by atoms with E-state index in [1.54, 1.807) is 49.6 Å². The molecule has 0 aliphatic carbocycles. The topological polar surface area (TPSA) is 84.1 Å². The summed E-state index contributed by atoms with van der Waals surface area (Å²) in [6.07, 6.45) is 0. The van der Waals surface area contributed by atoms with E-state index in [4.69, 9.17) is 4.74 Å². The highest BCUT2D eigenvalue weighted by Gasteiger charge is 2.12. The Labute approximate surface area is 196 Å². The Morgan fingerprint density at radius 3 is 2.32 bits per heavy atom. The number of aromatic nitrogens is 2. The van der Waals surface area contributed by atoms with Crippen LogP contribution in [0.4, 0.5) is 5.69 Å². The maximum absolute atomic E-state index is 12.8. The molecule has 0 fully saturated rings. The minimum Gasteiger partial charge on any atom is -0.497 e. The smallest absolute Gasteiger partial charge is 0.255 e. The molecule has 0 aliphatic heterocycles. The van der Waals surface area contributed by atoms with Gasteiger partial charge in [-0.15, -0.1) is 0 Å². The van der Waals surface area contributed by atoms with Gasteiger partial charge >= 0.3 is 0 Å². The lowest BCUT2D eigenvalue weighted by molar-refractivity contribution is 0.102. The summed E-state index contributed by atoms with van der Waals surface area (Å²) in [6.45, 7) is 0. The van der Waals surface area contributed by atoms with Gasteiger partial charge in [-0.2, -0.15) is 0 Å². The van der Waals surface area contributed by atoms with Crippen LogP contribution in [0.1, 0.15) is 26.3 Å². The second kappa shape index (κ2) is 9.03. The Hall–Kier alpha value is -4.71. The van der Waals surface area contributed by atoms with Crippen LogP contribution in [0.5, 0.6) is 5.75 Å². The summed E-state index contributed by atoms with van der Waals surface area (Å²) in [5.74, 6) is 1.06. The van der Waals surface area contributed by atoms with Gasteiger partial charge in [-0.3, -0.25) is 9.59 Å². The standard InChI is InChI=1S/C28H21N3O3/c1-34-23-9-5-8-21(16-23)28(33)29-22-13-10-19(11-14-22)27-30-24-15-12-20(17-25(24)31-27)26(32)18-6-3-2-4-7-18/h2-17H,1H3,(H,29,33)(H,30,31). The Bertz CT molecular complexity index is 1490. The van der Waals surface area contributed by atoms with Gasteiger partial charge in [0.25, 0.3) is 5.91 Å². The zero-order chi connectivity index (χ0) is 23.5. The van der Waals surface area contributed by atoms with Crippen LogP contribution in [-0.2, 0) is 0 Å². The molecule has 6 nitrogen and oxygen atoms in total. The first-order chi connectivity index (χ1) is 16.6. The number of hydrogen-bond acceptors (Lipinski definition) is 4. The first-order valence-electron chi connectivity index (χ1n) is 10.8. The molecule has 0 saturated carbocycles. The van der Waals surface area contributed by atoms with Gasteiger partial charge in [0.05, 0.1) is 18.1 Å². The van der Waals surface area contributed by atoms with Gasteiger partial charge in [0.15, 0.2) is 5.78 Å². The number of benzene rings is 4. The molecule has 5 rings (SSSR count). The molecule has 1 heterocycles. The van der Waals surface area contributed by atoms with E-state index in [-0.39, 0.29) is 11.7 Å². The largest absolute Gasteiger partial charge is 0.497 e. The van der Waals surface area contributed by atoms with E-state index in [9.17, 15) is 9.59 Å². The number of aromatic amines is 1. The van der Waals surface area contributed by atoms with E-state index in [1.807, 2.05) is 54.6 Å². The van der Waals surface area contributed by atoms with E-state index in [2.05, 4.69) is 15.3 Å². The minimum atomic E-state index is -0.217. The van der Waals surface area contributed by atoms with E-state index >= 15 is 0 Å². The lowest BCUT2D eigenvalue weighted by atomic mass is 10.0. The number of nitrogens with one attached hydrogen (secondary N) is 2. The van der Waals surface area contributed by atoms with E-state index < -0.39 is 0 Å². The van der Waals surface area contributed by atoms with Gasteiger partial charge in [0, 0.05) is 27.9 Å². The molecule has 0 saturated heterocycles. The molecular weight excluding hydrogens is 426 g/mol. The van der Waals surface area contributed by atoms with Gasteiger partial charge in [0.1, 0.15) is 11.6 Å². The first-order valence-corrected chi connectivity index (χ1v) is 10.8. The van der Waals surface area contributed by atoms with Crippen LogP contribution in [0.3, 0.4) is 0 Å². The summed E-state index contributed by atoms with van der Waals surface area (Å²) >= 11 is 0. The van der Waals surface area contributed by atoms with Crippen molar-refractivity contribution in [3.05, 3.63) is 114 Å². The molecule has 0 unspecified atom stereocenters. The molecule has 166 valence electrons. The summed E-state index contributed by atoms with van der Waals surface area (Å²) in [7, 11) is 1.57. The zero-order valence-corrected chi connectivity index (χ0v) is 18.4. The number of H-pyrrole nitrogens is 1. The van der Waals surface area contributed by atoms with Crippen molar-refractivity contribution in [2.45, 2.75) is 0 Å². The molecule has 0 spiro atoms. The molecular formula is C28H21N3O3. The average molecular weight is 447 g/mol. The molecule has 0 radical (unpaired) electrons. The summed E-state index contributed by atoms with van der Waals surface area (Å²) in [5.41, 5.74) is 4.86. The maximum Gasteiger partial charge on any atom is 0.255 e. The van der Waals surface area contributed by atoms with Gasteiger partial charge in [-0.05, 0) is 60.7 Å². The zero-order valence-electron chi connectivity index (χ0n) is 18.4. The number of carbonyl (C=O) groups is 2. The molecule has 6 heteroatoms. The highest BCUT2D eigenvalue weighted by Crippen LogP contribution is 2.24. The number of carbonyl (C=O) groups excluding carboxylic acids is 2. The second-order valence-electron chi connectivity index (χ2n) is 7.78. The monoisotopic (exact) mass is 447 g/mol. The Morgan fingerprint density at radius 2 is 1.56 bits per heavy atom. The quantitative estimate of drug-likeness (QED) is 0.326. The fourth-order valence-electron chi connectivity index (χ4n) is 3.72. The fraction of sp³-hybridized carbons (Fsp3) is 0.0357. The third-order valence-corrected chi connectivity index (χ3v) is 5.53. The van der Waals surface area contributed by atoms with Gasteiger partial charge < -0.3 is 15.0 Å². The van der Waals surface area contributed by atoms with Crippen molar-refractivity contribution in [2.24, 2.45) is 0 Å². The predicted molar refractivity (Wildman–Crippen MR) is 132 cm³/mol. The number of amides is 1.